The van der Waals surface area contributed by atoms with Crippen molar-refractivity contribution in [2.75, 3.05) is 39.0 Å². The van der Waals surface area contributed by atoms with Crippen molar-refractivity contribution in [3.05, 3.63) is 42.0 Å². The lowest BCUT2D eigenvalue weighted by Crippen LogP contribution is -2.61. The van der Waals surface area contributed by atoms with Gasteiger partial charge in [-0.15, -0.1) is 0 Å². The minimum absolute atomic E-state index is 0.180. The van der Waals surface area contributed by atoms with E-state index in [1.165, 1.54) is 11.8 Å². The third-order valence-electron chi connectivity index (χ3n) is 5.39. The van der Waals surface area contributed by atoms with Crippen LogP contribution in [0.15, 0.2) is 36.4 Å². The van der Waals surface area contributed by atoms with Crippen molar-refractivity contribution >= 4 is 21.8 Å². The Balaban J connectivity index is 1.52. The molecular formula is C19H26N2O3S. The zero-order chi connectivity index (χ0) is 17.9. The number of piperazine rings is 1. The van der Waals surface area contributed by atoms with Gasteiger partial charge in [0.25, 0.3) is 0 Å². The summed E-state index contributed by atoms with van der Waals surface area (Å²) in [5.41, 5.74) is 1.18. The van der Waals surface area contributed by atoms with E-state index in [0.717, 1.165) is 26.1 Å². The number of carbonyl (C=O) groups excluding carboxylic acids is 1. The van der Waals surface area contributed by atoms with Crippen LogP contribution in [0.3, 0.4) is 0 Å². The molecule has 1 amide bonds. The minimum atomic E-state index is -3.35. The number of hydrogen-bond donors (Lipinski definition) is 0. The molecule has 1 saturated heterocycles. The molecule has 1 saturated carbocycles. The van der Waals surface area contributed by atoms with E-state index >= 15 is 0 Å². The maximum Gasteiger partial charge on any atom is 0.244 e. The fourth-order valence-electron chi connectivity index (χ4n) is 3.56. The largest absolute Gasteiger partial charge is 0.339 e. The number of sulfone groups is 1. The zero-order valence-electron chi connectivity index (χ0n) is 14.7. The fraction of sp³-hybridized carbons (Fsp3) is 0.526. The van der Waals surface area contributed by atoms with E-state index in [0.29, 0.717) is 25.9 Å². The van der Waals surface area contributed by atoms with Crippen LogP contribution in [0.2, 0.25) is 0 Å². The van der Waals surface area contributed by atoms with Crippen LogP contribution in [0.25, 0.3) is 6.08 Å². The number of amides is 1. The SMILES string of the molecule is CS(=O)(=O)C1(C(=O)N2CCN(CC=Cc3ccccc3)CC2)CCC1. The minimum Gasteiger partial charge on any atom is -0.339 e. The summed E-state index contributed by atoms with van der Waals surface area (Å²) in [7, 11) is -3.35. The molecule has 5 nitrogen and oxygen atoms in total. The molecule has 1 aliphatic heterocycles. The third kappa shape index (κ3) is 3.80. The van der Waals surface area contributed by atoms with Gasteiger partial charge >= 0.3 is 0 Å². The molecule has 2 aliphatic rings. The van der Waals surface area contributed by atoms with Gasteiger partial charge in [-0.2, -0.15) is 0 Å². The fourth-order valence-corrected chi connectivity index (χ4v) is 5.04. The molecular weight excluding hydrogens is 336 g/mol. The molecule has 25 heavy (non-hydrogen) atoms. The van der Waals surface area contributed by atoms with Crippen LogP contribution in [-0.4, -0.2) is 67.9 Å². The Morgan fingerprint density at radius 2 is 1.76 bits per heavy atom. The van der Waals surface area contributed by atoms with Crippen molar-refractivity contribution in [3.8, 4) is 0 Å². The summed E-state index contributed by atoms with van der Waals surface area (Å²) < 4.78 is 23.0. The summed E-state index contributed by atoms with van der Waals surface area (Å²) in [5, 5.41) is 0. The van der Waals surface area contributed by atoms with E-state index in [4.69, 9.17) is 0 Å². The standard InChI is InChI=1S/C19H26N2O3S/c1-25(23,24)19(10-6-11-19)18(22)21-15-13-20(14-16-21)12-5-9-17-7-3-2-4-8-17/h2-5,7-9H,6,10-16H2,1H3. The summed E-state index contributed by atoms with van der Waals surface area (Å²) in [6.07, 6.45) is 7.22. The van der Waals surface area contributed by atoms with Crippen LogP contribution in [0.1, 0.15) is 24.8 Å². The molecule has 6 heteroatoms. The van der Waals surface area contributed by atoms with E-state index in [2.05, 4.69) is 29.2 Å². The molecule has 0 radical (unpaired) electrons. The predicted molar refractivity (Wildman–Crippen MR) is 99.9 cm³/mol. The number of benzene rings is 1. The van der Waals surface area contributed by atoms with E-state index in [1.807, 2.05) is 18.2 Å². The topological polar surface area (TPSA) is 57.7 Å². The van der Waals surface area contributed by atoms with Gasteiger partial charge in [-0.25, -0.2) is 8.42 Å². The first-order chi connectivity index (χ1) is 11.9. The molecule has 1 aliphatic carbocycles. The highest BCUT2D eigenvalue weighted by molar-refractivity contribution is 7.93. The van der Waals surface area contributed by atoms with Crippen molar-refractivity contribution in [3.63, 3.8) is 0 Å². The summed E-state index contributed by atoms with van der Waals surface area (Å²) in [6.45, 7) is 3.62. The molecule has 0 atom stereocenters. The van der Waals surface area contributed by atoms with Gasteiger partial charge in [-0.1, -0.05) is 42.5 Å². The smallest absolute Gasteiger partial charge is 0.244 e. The second kappa shape index (κ2) is 7.30. The highest BCUT2D eigenvalue weighted by Gasteiger charge is 2.54. The van der Waals surface area contributed by atoms with Crippen LogP contribution in [-0.2, 0) is 14.6 Å². The molecule has 2 fully saturated rings. The van der Waals surface area contributed by atoms with E-state index in [9.17, 15) is 13.2 Å². The van der Waals surface area contributed by atoms with Crippen LogP contribution in [0, 0.1) is 0 Å². The first-order valence-electron chi connectivity index (χ1n) is 8.85. The maximum absolute atomic E-state index is 12.8. The average molecular weight is 362 g/mol. The van der Waals surface area contributed by atoms with Crippen LogP contribution in [0.4, 0.5) is 0 Å². The monoisotopic (exact) mass is 362 g/mol. The molecule has 0 aromatic heterocycles. The molecule has 1 heterocycles. The molecule has 0 spiro atoms. The molecule has 0 unspecified atom stereocenters. The summed E-state index contributed by atoms with van der Waals surface area (Å²) >= 11 is 0. The number of carbonyl (C=O) groups is 1. The van der Waals surface area contributed by atoms with Crippen LogP contribution >= 0.6 is 0 Å². The lowest BCUT2D eigenvalue weighted by atomic mass is 9.83. The molecule has 1 aromatic rings. The Labute approximate surface area is 150 Å². The first kappa shape index (κ1) is 18.1. The quantitative estimate of drug-likeness (QED) is 0.802. The highest BCUT2D eigenvalue weighted by atomic mass is 32.2. The van der Waals surface area contributed by atoms with Gasteiger partial charge in [-0.05, 0) is 24.8 Å². The maximum atomic E-state index is 12.8. The van der Waals surface area contributed by atoms with Gasteiger partial charge in [0.15, 0.2) is 14.6 Å². The highest BCUT2D eigenvalue weighted by Crippen LogP contribution is 2.40. The third-order valence-corrected chi connectivity index (χ3v) is 7.40. The summed E-state index contributed by atoms with van der Waals surface area (Å²) in [4.78, 5) is 16.8. The second-order valence-electron chi connectivity index (χ2n) is 7.03. The van der Waals surface area contributed by atoms with Gasteiger partial charge in [-0.3, -0.25) is 9.69 Å². The van der Waals surface area contributed by atoms with Gasteiger partial charge in [0.2, 0.25) is 5.91 Å². The number of rotatable bonds is 5. The van der Waals surface area contributed by atoms with Crippen LogP contribution < -0.4 is 0 Å². The Morgan fingerprint density at radius 3 is 2.28 bits per heavy atom. The lowest BCUT2D eigenvalue weighted by molar-refractivity contribution is -0.138. The summed E-state index contributed by atoms with van der Waals surface area (Å²) in [5.74, 6) is -0.180. The van der Waals surface area contributed by atoms with Crippen molar-refractivity contribution < 1.29 is 13.2 Å². The lowest BCUT2D eigenvalue weighted by Gasteiger charge is -2.44. The molecule has 1 aromatic carbocycles. The van der Waals surface area contributed by atoms with Gasteiger partial charge < -0.3 is 4.90 Å². The Hall–Kier alpha value is -1.66. The number of hydrogen-bond acceptors (Lipinski definition) is 4. The normalized spacial score (nSPS) is 21.2. The van der Waals surface area contributed by atoms with Gasteiger partial charge in [0, 0.05) is 39.0 Å². The Kier molecular flexibility index (Phi) is 5.29. The van der Waals surface area contributed by atoms with Crippen molar-refractivity contribution in [1.29, 1.82) is 0 Å². The Bertz CT molecular complexity index is 731. The molecule has 0 bridgehead atoms. The Morgan fingerprint density at radius 1 is 1.12 bits per heavy atom. The number of nitrogens with zero attached hydrogens (tertiary/aromatic N) is 2. The first-order valence-corrected chi connectivity index (χ1v) is 10.7. The molecule has 0 N–H and O–H groups in total. The molecule has 3 rings (SSSR count). The van der Waals surface area contributed by atoms with Crippen LogP contribution in [0.5, 0.6) is 0 Å². The summed E-state index contributed by atoms with van der Waals surface area (Å²) in [6, 6.07) is 10.2. The van der Waals surface area contributed by atoms with Gasteiger partial charge in [0.05, 0.1) is 0 Å². The molecule has 136 valence electrons. The zero-order valence-corrected chi connectivity index (χ0v) is 15.5. The van der Waals surface area contributed by atoms with Crippen molar-refractivity contribution in [1.82, 2.24) is 9.80 Å². The van der Waals surface area contributed by atoms with Crippen molar-refractivity contribution in [2.45, 2.75) is 24.0 Å². The van der Waals surface area contributed by atoms with E-state index < -0.39 is 14.6 Å². The van der Waals surface area contributed by atoms with Crippen molar-refractivity contribution in [2.24, 2.45) is 0 Å². The van der Waals surface area contributed by atoms with Gasteiger partial charge in [0.1, 0.15) is 0 Å². The van der Waals surface area contributed by atoms with E-state index in [-0.39, 0.29) is 5.91 Å². The second-order valence-corrected chi connectivity index (χ2v) is 9.35. The predicted octanol–water partition coefficient (Wildman–Crippen LogP) is 1.81. The average Bonchev–Trinajstić information content (AvgIpc) is 2.54. The van der Waals surface area contributed by atoms with E-state index in [1.54, 1.807) is 4.90 Å².